The van der Waals surface area contributed by atoms with Gasteiger partial charge in [0.05, 0.1) is 0 Å². The van der Waals surface area contributed by atoms with E-state index in [0.29, 0.717) is 6.54 Å². The first-order chi connectivity index (χ1) is 8.98. The van der Waals surface area contributed by atoms with E-state index in [0.717, 1.165) is 29.2 Å². The number of halogens is 1. The van der Waals surface area contributed by atoms with E-state index in [4.69, 9.17) is 0 Å². The highest BCUT2D eigenvalue weighted by Crippen LogP contribution is 2.34. The molecule has 0 spiro atoms. The predicted octanol–water partition coefficient (Wildman–Crippen LogP) is 1.39. The van der Waals surface area contributed by atoms with Crippen molar-refractivity contribution in [1.29, 1.82) is 0 Å². The number of nitrogens with zero attached hydrogens (tertiary/aromatic N) is 3. The predicted molar refractivity (Wildman–Crippen MR) is 78.3 cm³/mol. The highest BCUT2D eigenvalue weighted by Gasteiger charge is 2.39. The molecule has 7 heteroatoms. The van der Waals surface area contributed by atoms with Gasteiger partial charge in [0.2, 0.25) is 5.91 Å². The van der Waals surface area contributed by atoms with Crippen LogP contribution < -0.4 is 15.5 Å². The maximum absolute atomic E-state index is 12.0. The van der Waals surface area contributed by atoms with E-state index < -0.39 is 5.54 Å². The van der Waals surface area contributed by atoms with Gasteiger partial charge in [0, 0.05) is 19.6 Å². The molecule has 1 aliphatic rings. The number of aromatic nitrogens is 2. The quantitative estimate of drug-likeness (QED) is 0.877. The van der Waals surface area contributed by atoms with Gasteiger partial charge < -0.3 is 15.5 Å². The van der Waals surface area contributed by atoms with Crippen molar-refractivity contribution in [2.45, 2.75) is 26.3 Å². The Morgan fingerprint density at radius 3 is 2.95 bits per heavy atom. The Bertz CT molecular complexity index is 491. The highest BCUT2D eigenvalue weighted by molar-refractivity contribution is 9.10. The lowest BCUT2D eigenvalue weighted by molar-refractivity contribution is -0.126. The summed E-state index contributed by atoms with van der Waals surface area (Å²) in [7, 11) is 0. The molecule has 0 saturated carbocycles. The van der Waals surface area contributed by atoms with E-state index in [1.807, 2.05) is 25.7 Å². The Balaban J connectivity index is 2.41. The third kappa shape index (κ3) is 2.51. The van der Waals surface area contributed by atoms with E-state index in [9.17, 15) is 4.79 Å². The summed E-state index contributed by atoms with van der Waals surface area (Å²) >= 11 is 3.53. The highest BCUT2D eigenvalue weighted by atomic mass is 79.9. The van der Waals surface area contributed by atoms with Gasteiger partial charge in [0.1, 0.15) is 28.0 Å². The van der Waals surface area contributed by atoms with Gasteiger partial charge in [-0.2, -0.15) is 0 Å². The summed E-state index contributed by atoms with van der Waals surface area (Å²) in [4.78, 5) is 22.5. The summed E-state index contributed by atoms with van der Waals surface area (Å²) in [5, 5.41) is 6.04. The van der Waals surface area contributed by atoms with Gasteiger partial charge in [-0.15, -0.1) is 0 Å². The van der Waals surface area contributed by atoms with Crippen LogP contribution in [0.1, 0.15) is 20.8 Å². The molecular weight excluding hydrogens is 310 g/mol. The van der Waals surface area contributed by atoms with E-state index in [-0.39, 0.29) is 5.91 Å². The van der Waals surface area contributed by atoms with E-state index in [1.165, 1.54) is 6.33 Å². The molecular formula is C12H18BrN5O. The number of carbonyl (C=O) groups excluding carboxylic acids is 1. The van der Waals surface area contributed by atoms with Gasteiger partial charge in [0.25, 0.3) is 0 Å². The minimum Gasteiger partial charge on any atom is -0.369 e. The second-order valence-electron chi connectivity index (χ2n) is 4.86. The van der Waals surface area contributed by atoms with Crippen LogP contribution in [0.3, 0.4) is 0 Å². The molecule has 1 aromatic rings. The van der Waals surface area contributed by atoms with Crippen molar-refractivity contribution in [3.8, 4) is 0 Å². The van der Waals surface area contributed by atoms with Crippen molar-refractivity contribution in [3.05, 3.63) is 10.8 Å². The van der Waals surface area contributed by atoms with Crippen LogP contribution >= 0.6 is 15.9 Å². The van der Waals surface area contributed by atoms with Crippen molar-refractivity contribution in [3.63, 3.8) is 0 Å². The summed E-state index contributed by atoms with van der Waals surface area (Å²) in [6.07, 6.45) is 1.51. The molecule has 2 rings (SSSR count). The molecule has 2 heterocycles. The molecule has 104 valence electrons. The molecule has 0 bridgehead atoms. The number of piperazine rings is 1. The van der Waals surface area contributed by atoms with Gasteiger partial charge in [-0.25, -0.2) is 9.97 Å². The average molecular weight is 328 g/mol. The molecule has 0 atom stereocenters. The van der Waals surface area contributed by atoms with E-state index in [1.54, 1.807) is 0 Å². The van der Waals surface area contributed by atoms with Gasteiger partial charge >= 0.3 is 0 Å². The number of hydrogen-bond acceptors (Lipinski definition) is 5. The Hall–Kier alpha value is -1.37. The normalized spacial score (nSPS) is 18.1. The molecule has 0 radical (unpaired) electrons. The fourth-order valence-electron chi connectivity index (χ4n) is 2.11. The number of anilines is 2. The Kier molecular flexibility index (Phi) is 3.93. The molecule has 0 aliphatic carbocycles. The minimum atomic E-state index is -0.626. The number of carbonyl (C=O) groups is 1. The van der Waals surface area contributed by atoms with Gasteiger partial charge in [-0.05, 0) is 36.7 Å². The Labute approximate surface area is 121 Å². The van der Waals surface area contributed by atoms with E-state index in [2.05, 4.69) is 36.5 Å². The Morgan fingerprint density at radius 1 is 1.53 bits per heavy atom. The first-order valence-electron chi connectivity index (χ1n) is 6.28. The lowest BCUT2D eigenvalue weighted by Crippen LogP contribution is -2.62. The summed E-state index contributed by atoms with van der Waals surface area (Å²) in [6, 6.07) is 0. The molecule has 1 aromatic heterocycles. The SMILES string of the molecule is CCNc1ncnc(N2CCNC(=O)C2(C)C)c1Br. The molecule has 0 unspecified atom stereocenters. The molecule has 1 fully saturated rings. The first kappa shape index (κ1) is 14.0. The topological polar surface area (TPSA) is 70.2 Å². The van der Waals surface area contributed by atoms with Crippen molar-refractivity contribution in [2.75, 3.05) is 29.9 Å². The molecule has 0 aromatic carbocycles. The smallest absolute Gasteiger partial charge is 0.245 e. The van der Waals surface area contributed by atoms with Crippen molar-refractivity contribution < 1.29 is 4.79 Å². The first-order valence-corrected chi connectivity index (χ1v) is 7.08. The molecule has 1 aliphatic heterocycles. The van der Waals surface area contributed by atoms with Crippen LogP contribution in [0.5, 0.6) is 0 Å². The van der Waals surface area contributed by atoms with Crippen LogP contribution in [0.2, 0.25) is 0 Å². The zero-order chi connectivity index (χ0) is 14.0. The van der Waals surface area contributed by atoms with Crippen LogP contribution in [0, 0.1) is 0 Å². The minimum absolute atomic E-state index is 0.00858. The maximum Gasteiger partial charge on any atom is 0.245 e. The van der Waals surface area contributed by atoms with Gasteiger partial charge in [0.15, 0.2) is 0 Å². The van der Waals surface area contributed by atoms with Crippen molar-refractivity contribution in [1.82, 2.24) is 15.3 Å². The Morgan fingerprint density at radius 2 is 2.26 bits per heavy atom. The van der Waals surface area contributed by atoms with Crippen molar-refractivity contribution in [2.24, 2.45) is 0 Å². The third-order valence-electron chi connectivity index (χ3n) is 3.22. The van der Waals surface area contributed by atoms with Crippen molar-refractivity contribution >= 4 is 33.5 Å². The number of rotatable bonds is 3. The van der Waals surface area contributed by atoms with Crippen LogP contribution in [0.25, 0.3) is 0 Å². The van der Waals surface area contributed by atoms with Crippen LogP contribution in [-0.2, 0) is 4.79 Å². The zero-order valence-electron chi connectivity index (χ0n) is 11.3. The summed E-state index contributed by atoms with van der Waals surface area (Å²) in [5.74, 6) is 1.49. The number of nitrogens with one attached hydrogen (secondary N) is 2. The van der Waals surface area contributed by atoms with Gasteiger partial charge in [-0.1, -0.05) is 0 Å². The summed E-state index contributed by atoms with van der Waals surface area (Å²) in [6.45, 7) is 7.91. The number of hydrogen-bond donors (Lipinski definition) is 2. The fraction of sp³-hybridized carbons (Fsp3) is 0.583. The number of amides is 1. The van der Waals surface area contributed by atoms with Gasteiger partial charge in [-0.3, -0.25) is 4.79 Å². The standard InChI is InChI=1S/C12H18BrN5O/c1-4-14-9-8(13)10(17-7-16-9)18-6-5-15-11(19)12(18,2)3/h7H,4-6H2,1-3H3,(H,15,19)(H,14,16,17). The van der Waals surface area contributed by atoms with Crippen LogP contribution in [-0.4, -0.2) is 41.0 Å². The molecule has 19 heavy (non-hydrogen) atoms. The van der Waals surface area contributed by atoms with Crippen LogP contribution in [0.15, 0.2) is 10.8 Å². The average Bonchev–Trinajstić information content (AvgIpc) is 2.36. The largest absolute Gasteiger partial charge is 0.369 e. The third-order valence-corrected chi connectivity index (χ3v) is 3.95. The molecule has 2 N–H and O–H groups in total. The van der Waals surface area contributed by atoms with Crippen LogP contribution in [0.4, 0.5) is 11.6 Å². The second kappa shape index (κ2) is 5.32. The lowest BCUT2D eigenvalue weighted by atomic mass is 9.99. The second-order valence-corrected chi connectivity index (χ2v) is 5.65. The van der Waals surface area contributed by atoms with E-state index >= 15 is 0 Å². The molecule has 6 nitrogen and oxygen atoms in total. The molecule has 1 saturated heterocycles. The zero-order valence-corrected chi connectivity index (χ0v) is 12.9. The monoisotopic (exact) mass is 327 g/mol. The summed E-state index contributed by atoms with van der Waals surface area (Å²) in [5.41, 5.74) is -0.626. The maximum atomic E-state index is 12.0. The lowest BCUT2D eigenvalue weighted by Gasteiger charge is -2.42. The summed E-state index contributed by atoms with van der Waals surface area (Å²) < 4.78 is 0.791. The molecule has 1 amide bonds. The fourth-order valence-corrected chi connectivity index (χ4v) is 2.67.